The summed E-state index contributed by atoms with van der Waals surface area (Å²) in [6.45, 7) is 1.49. The van der Waals surface area contributed by atoms with E-state index in [0.717, 1.165) is 25.3 Å². The van der Waals surface area contributed by atoms with Gasteiger partial charge < -0.3 is 11.5 Å². The first-order chi connectivity index (χ1) is 11.4. The molecule has 24 heavy (non-hydrogen) atoms. The Balaban J connectivity index is 2.14. The summed E-state index contributed by atoms with van der Waals surface area (Å²) in [5.41, 5.74) is 11.2. The van der Waals surface area contributed by atoms with E-state index in [9.17, 15) is 14.5 Å². The highest BCUT2D eigenvalue weighted by molar-refractivity contribution is 6.06. The van der Waals surface area contributed by atoms with Crippen molar-refractivity contribution in [2.24, 2.45) is 21.5 Å². The van der Waals surface area contributed by atoms with Crippen LogP contribution in [-0.4, -0.2) is 22.5 Å². The van der Waals surface area contributed by atoms with E-state index in [0.29, 0.717) is 18.5 Å². The largest absolute Gasteiger partial charge is 0.369 e. The van der Waals surface area contributed by atoms with Gasteiger partial charge in [0.1, 0.15) is 5.66 Å². The smallest absolute Gasteiger partial charge is 0.305 e. The number of nitro groups is 1. The van der Waals surface area contributed by atoms with Gasteiger partial charge in [-0.25, -0.2) is 4.99 Å². The number of nitrogens with two attached hydrogens (primary N) is 2. The van der Waals surface area contributed by atoms with Crippen LogP contribution in [0.4, 0.5) is 15.8 Å². The molecule has 4 N–H and O–H groups in total. The minimum absolute atomic E-state index is 0.102. The molecular formula is C15H19FN6O2. The SMILES string of the molecule is Cc1c(N2C(N)=NC(N)=NC23CCCCC3)ccc([N+](=O)[O-])c1F. The highest BCUT2D eigenvalue weighted by atomic mass is 19.1. The van der Waals surface area contributed by atoms with Crippen LogP contribution < -0.4 is 16.4 Å². The highest BCUT2D eigenvalue weighted by Crippen LogP contribution is 2.41. The third kappa shape index (κ3) is 2.45. The Hall–Kier alpha value is -2.71. The van der Waals surface area contributed by atoms with E-state index in [2.05, 4.69) is 9.98 Å². The lowest BCUT2D eigenvalue weighted by Gasteiger charge is -2.46. The van der Waals surface area contributed by atoms with E-state index in [1.54, 1.807) is 4.90 Å². The number of guanidine groups is 2. The quantitative estimate of drug-likeness (QED) is 0.633. The first-order valence-corrected chi connectivity index (χ1v) is 7.79. The van der Waals surface area contributed by atoms with E-state index in [-0.39, 0.29) is 17.5 Å². The van der Waals surface area contributed by atoms with Crippen molar-refractivity contribution in [1.82, 2.24) is 0 Å². The van der Waals surface area contributed by atoms with Crippen LogP contribution in [0.2, 0.25) is 0 Å². The van der Waals surface area contributed by atoms with Crippen LogP contribution in [0.1, 0.15) is 37.7 Å². The molecular weight excluding hydrogens is 315 g/mol. The Morgan fingerprint density at radius 1 is 1.29 bits per heavy atom. The molecule has 0 saturated heterocycles. The molecule has 1 fully saturated rings. The van der Waals surface area contributed by atoms with E-state index < -0.39 is 22.1 Å². The molecule has 1 heterocycles. The van der Waals surface area contributed by atoms with Crippen LogP contribution in [0, 0.1) is 22.9 Å². The molecule has 1 aliphatic carbocycles. The number of hydrogen-bond acceptors (Lipinski definition) is 7. The lowest BCUT2D eigenvalue weighted by atomic mass is 9.87. The first-order valence-electron chi connectivity index (χ1n) is 7.79. The van der Waals surface area contributed by atoms with Crippen molar-refractivity contribution < 1.29 is 9.31 Å². The Kier molecular flexibility index (Phi) is 3.86. The predicted molar refractivity (Wildman–Crippen MR) is 89.3 cm³/mol. The van der Waals surface area contributed by atoms with Crippen LogP contribution in [0.15, 0.2) is 22.1 Å². The zero-order valence-corrected chi connectivity index (χ0v) is 13.3. The molecule has 128 valence electrons. The molecule has 0 atom stereocenters. The molecule has 1 aromatic rings. The topological polar surface area (TPSA) is 123 Å². The van der Waals surface area contributed by atoms with Crippen molar-refractivity contribution in [2.45, 2.75) is 44.7 Å². The van der Waals surface area contributed by atoms with Gasteiger partial charge in [-0.05, 0) is 38.7 Å². The van der Waals surface area contributed by atoms with Crippen LogP contribution in [0.3, 0.4) is 0 Å². The Bertz CT molecular complexity index is 755. The molecule has 0 radical (unpaired) electrons. The standard InChI is InChI=1S/C15H19FN6O2/c1-9-10(5-6-11(12(9)16)22(23)24)21-14(18)19-13(17)20-15(21)7-3-2-4-8-15/h5-6H,2-4,7-8H2,1H3,(H4,17,18,19,20). The third-order valence-corrected chi connectivity index (χ3v) is 4.63. The first kappa shape index (κ1) is 16.2. The maximum absolute atomic E-state index is 14.4. The average Bonchev–Trinajstić information content (AvgIpc) is 2.51. The molecule has 0 amide bonds. The van der Waals surface area contributed by atoms with Gasteiger partial charge in [0.15, 0.2) is 0 Å². The summed E-state index contributed by atoms with van der Waals surface area (Å²) in [5, 5.41) is 10.9. The van der Waals surface area contributed by atoms with Crippen molar-refractivity contribution in [3.63, 3.8) is 0 Å². The van der Waals surface area contributed by atoms with Gasteiger partial charge in [-0.2, -0.15) is 9.38 Å². The molecule has 8 nitrogen and oxygen atoms in total. The number of hydrogen-bond donors (Lipinski definition) is 2. The van der Waals surface area contributed by atoms with Gasteiger partial charge in [-0.15, -0.1) is 0 Å². The molecule has 3 rings (SSSR count). The van der Waals surface area contributed by atoms with E-state index in [4.69, 9.17) is 11.5 Å². The van der Waals surface area contributed by atoms with Crippen LogP contribution >= 0.6 is 0 Å². The lowest BCUT2D eigenvalue weighted by Crippen LogP contribution is -2.58. The molecule has 0 unspecified atom stereocenters. The number of halogens is 1. The number of aliphatic imine (C=N–C) groups is 2. The van der Waals surface area contributed by atoms with Gasteiger partial charge in [0.25, 0.3) is 0 Å². The zero-order valence-electron chi connectivity index (χ0n) is 13.3. The fraction of sp³-hybridized carbons (Fsp3) is 0.467. The summed E-state index contributed by atoms with van der Waals surface area (Å²) < 4.78 is 14.4. The second-order valence-electron chi connectivity index (χ2n) is 6.12. The second-order valence-corrected chi connectivity index (χ2v) is 6.12. The number of nitro benzene ring substituents is 1. The Labute approximate surface area is 138 Å². The average molecular weight is 334 g/mol. The van der Waals surface area contributed by atoms with Crippen molar-refractivity contribution in [3.8, 4) is 0 Å². The van der Waals surface area contributed by atoms with E-state index in [1.165, 1.54) is 13.0 Å². The fourth-order valence-electron chi connectivity index (χ4n) is 3.51. The molecule has 1 aliphatic heterocycles. The molecule has 0 aromatic heterocycles. The van der Waals surface area contributed by atoms with Gasteiger partial charge in [0, 0.05) is 11.6 Å². The van der Waals surface area contributed by atoms with Gasteiger partial charge in [-0.3, -0.25) is 15.0 Å². The minimum Gasteiger partial charge on any atom is -0.369 e. The summed E-state index contributed by atoms with van der Waals surface area (Å²) in [6.07, 6.45) is 4.38. The second kappa shape index (κ2) is 5.73. The van der Waals surface area contributed by atoms with Crippen molar-refractivity contribution in [1.29, 1.82) is 0 Å². The monoisotopic (exact) mass is 334 g/mol. The molecule has 0 bridgehead atoms. The molecule has 9 heteroatoms. The molecule has 1 aromatic carbocycles. The fourth-order valence-corrected chi connectivity index (χ4v) is 3.51. The van der Waals surface area contributed by atoms with E-state index in [1.807, 2.05) is 0 Å². The normalized spacial score (nSPS) is 19.8. The highest BCUT2D eigenvalue weighted by Gasteiger charge is 2.43. The predicted octanol–water partition coefficient (Wildman–Crippen LogP) is 2.15. The minimum atomic E-state index is -0.876. The maximum atomic E-state index is 14.4. The zero-order chi connectivity index (χ0) is 17.5. The number of nitrogens with zero attached hydrogens (tertiary/aromatic N) is 4. The molecule has 1 spiro atoms. The lowest BCUT2D eigenvalue weighted by molar-refractivity contribution is -0.387. The van der Waals surface area contributed by atoms with Crippen molar-refractivity contribution in [2.75, 3.05) is 4.90 Å². The number of anilines is 1. The number of rotatable bonds is 2. The summed E-state index contributed by atoms with van der Waals surface area (Å²) in [7, 11) is 0. The van der Waals surface area contributed by atoms with E-state index >= 15 is 0 Å². The summed E-state index contributed by atoms with van der Waals surface area (Å²) >= 11 is 0. The van der Waals surface area contributed by atoms with Crippen LogP contribution in [-0.2, 0) is 0 Å². The Morgan fingerprint density at radius 2 is 1.96 bits per heavy atom. The van der Waals surface area contributed by atoms with Crippen molar-refractivity contribution in [3.05, 3.63) is 33.6 Å². The van der Waals surface area contributed by atoms with Crippen molar-refractivity contribution >= 4 is 23.3 Å². The van der Waals surface area contributed by atoms with Gasteiger partial charge in [0.2, 0.25) is 17.7 Å². The summed E-state index contributed by atoms with van der Waals surface area (Å²) in [4.78, 5) is 20.4. The van der Waals surface area contributed by atoms with Crippen LogP contribution in [0.25, 0.3) is 0 Å². The van der Waals surface area contributed by atoms with Crippen LogP contribution in [0.5, 0.6) is 0 Å². The summed E-state index contributed by atoms with van der Waals surface area (Å²) in [5.74, 6) is -0.648. The Morgan fingerprint density at radius 3 is 2.58 bits per heavy atom. The maximum Gasteiger partial charge on any atom is 0.305 e. The number of benzene rings is 1. The van der Waals surface area contributed by atoms with Gasteiger partial charge in [0.05, 0.1) is 10.6 Å². The van der Waals surface area contributed by atoms with Gasteiger partial charge in [-0.1, -0.05) is 6.42 Å². The molecule has 1 saturated carbocycles. The third-order valence-electron chi connectivity index (χ3n) is 4.63. The molecule has 2 aliphatic rings. The summed E-state index contributed by atoms with van der Waals surface area (Å²) in [6, 6.07) is 2.63. The van der Waals surface area contributed by atoms with Gasteiger partial charge >= 0.3 is 5.69 Å².